The molecular weight excluding hydrogens is 230 g/mol. The predicted molar refractivity (Wildman–Crippen MR) is 66.4 cm³/mol. The Hall–Kier alpha value is -1.65. The van der Waals surface area contributed by atoms with Crippen LogP contribution in [0.3, 0.4) is 0 Å². The Morgan fingerprint density at radius 3 is 2.61 bits per heavy atom. The number of carboxylic acids is 1. The minimum absolute atomic E-state index is 0.0434. The number of hydrogen-bond acceptors (Lipinski definition) is 4. The van der Waals surface area contributed by atoms with Crippen molar-refractivity contribution < 1.29 is 9.90 Å². The lowest BCUT2D eigenvalue weighted by molar-refractivity contribution is 0.0690. The fourth-order valence-electron chi connectivity index (χ4n) is 2.54. The van der Waals surface area contributed by atoms with Gasteiger partial charge in [0.15, 0.2) is 5.69 Å². The minimum Gasteiger partial charge on any atom is -0.477 e. The number of aromatic carboxylic acids is 1. The van der Waals surface area contributed by atoms with Crippen LogP contribution in [0.2, 0.25) is 0 Å². The quantitative estimate of drug-likeness (QED) is 0.804. The zero-order valence-electron chi connectivity index (χ0n) is 10.2. The topological polar surface area (TPSA) is 75.1 Å². The van der Waals surface area contributed by atoms with Gasteiger partial charge in [-0.1, -0.05) is 0 Å². The van der Waals surface area contributed by atoms with E-state index >= 15 is 0 Å². The lowest BCUT2D eigenvalue weighted by Gasteiger charge is -2.16. The van der Waals surface area contributed by atoms with E-state index in [0.717, 1.165) is 24.3 Å². The molecule has 1 aromatic rings. The van der Waals surface area contributed by atoms with Gasteiger partial charge in [0.2, 0.25) is 5.95 Å². The molecule has 3 rings (SSSR count). The molecule has 0 atom stereocenters. The summed E-state index contributed by atoms with van der Waals surface area (Å²) < 4.78 is 0. The van der Waals surface area contributed by atoms with Crippen molar-refractivity contribution in [3.63, 3.8) is 0 Å². The van der Waals surface area contributed by atoms with Crippen molar-refractivity contribution in [3.05, 3.63) is 18.0 Å². The van der Waals surface area contributed by atoms with Crippen molar-refractivity contribution in [3.8, 4) is 0 Å². The highest BCUT2D eigenvalue weighted by molar-refractivity contribution is 5.85. The van der Waals surface area contributed by atoms with Crippen LogP contribution in [-0.4, -0.2) is 27.6 Å². The monoisotopic (exact) mass is 247 g/mol. The highest BCUT2D eigenvalue weighted by Gasteiger charge is 2.41. The second-order valence-corrected chi connectivity index (χ2v) is 5.29. The van der Waals surface area contributed by atoms with Crippen LogP contribution >= 0.6 is 0 Å². The third-order valence-corrected chi connectivity index (χ3v) is 3.83. The first-order chi connectivity index (χ1) is 8.74. The van der Waals surface area contributed by atoms with E-state index in [2.05, 4.69) is 15.3 Å². The second kappa shape index (κ2) is 4.55. The van der Waals surface area contributed by atoms with E-state index in [9.17, 15) is 4.79 Å². The first-order valence-electron chi connectivity index (χ1n) is 6.54. The molecule has 0 bridgehead atoms. The van der Waals surface area contributed by atoms with Crippen LogP contribution in [0.4, 0.5) is 5.95 Å². The average molecular weight is 247 g/mol. The largest absolute Gasteiger partial charge is 0.477 e. The standard InChI is InChI=1S/C13H17N3O2/c17-12(18)11-5-6-14-13(16-11)15-7-10(8-1-2-8)9-3-4-9/h5-6,8-10H,1-4,7H2,(H,17,18)(H,14,15,16). The van der Waals surface area contributed by atoms with Crippen LogP contribution in [-0.2, 0) is 0 Å². The SMILES string of the molecule is O=C(O)c1ccnc(NCC(C2CC2)C2CC2)n1. The van der Waals surface area contributed by atoms with Gasteiger partial charge in [0.25, 0.3) is 0 Å². The van der Waals surface area contributed by atoms with Crippen molar-refractivity contribution in [2.75, 3.05) is 11.9 Å². The smallest absolute Gasteiger partial charge is 0.354 e. The number of nitrogens with zero attached hydrogens (tertiary/aromatic N) is 2. The van der Waals surface area contributed by atoms with Gasteiger partial charge < -0.3 is 10.4 Å². The lowest BCUT2D eigenvalue weighted by atomic mass is 9.98. The normalized spacial score (nSPS) is 18.9. The number of rotatable bonds is 6. The Bertz CT molecular complexity index is 443. The summed E-state index contributed by atoms with van der Waals surface area (Å²) in [6.07, 6.45) is 6.87. The molecule has 2 fully saturated rings. The zero-order valence-corrected chi connectivity index (χ0v) is 10.2. The molecule has 0 aliphatic heterocycles. The maximum atomic E-state index is 10.8. The number of nitrogens with one attached hydrogen (secondary N) is 1. The number of hydrogen-bond donors (Lipinski definition) is 2. The molecule has 96 valence electrons. The highest BCUT2D eigenvalue weighted by Crippen LogP contribution is 2.49. The fourth-order valence-corrected chi connectivity index (χ4v) is 2.54. The zero-order chi connectivity index (χ0) is 12.5. The lowest BCUT2D eigenvalue weighted by Crippen LogP contribution is -2.19. The molecule has 2 N–H and O–H groups in total. The molecule has 2 aliphatic carbocycles. The molecule has 0 amide bonds. The van der Waals surface area contributed by atoms with Gasteiger partial charge in [-0.3, -0.25) is 0 Å². The van der Waals surface area contributed by atoms with Crippen molar-refractivity contribution in [1.29, 1.82) is 0 Å². The summed E-state index contributed by atoms with van der Waals surface area (Å²) in [6.45, 7) is 0.873. The van der Waals surface area contributed by atoms with Gasteiger partial charge >= 0.3 is 5.97 Å². The van der Waals surface area contributed by atoms with Crippen LogP contribution < -0.4 is 5.32 Å². The van der Waals surface area contributed by atoms with E-state index in [-0.39, 0.29) is 5.69 Å². The summed E-state index contributed by atoms with van der Waals surface area (Å²) in [5.41, 5.74) is 0.0434. The van der Waals surface area contributed by atoms with Crippen molar-refractivity contribution in [2.45, 2.75) is 25.7 Å². The maximum absolute atomic E-state index is 10.8. The summed E-state index contributed by atoms with van der Waals surface area (Å²) in [5, 5.41) is 12.1. The molecule has 5 heteroatoms. The van der Waals surface area contributed by atoms with Crippen LogP contribution in [0, 0.1) is 17.8 Å². The minimum atomic E-state index is -1.01. The van der Waals surface area contributed by atoms with Crippen LogP contribution in [0.1, 0.15) is 36.2 Å². The fraction of sp³-hybridized carbons (Fsp3) is 0.615. The van der Waals surface area contributed by atoms with Crippen LogP contribution in [0.15, 0.2) is 12.3 Å². The highest BCUT2D eigenvalue weighted by atomic mass is 16.4. The molecule has 18 heavy (non-hydrogen) atoms. The summed E-state index contributed by atoms with van der Waals surface area (Å²) in [4.78, 5) is 18.9. The summed E-state index contributed by atoms with van der Waals surface area (Å²) in [6, 6.07) is 1.41. The van der Waals surface area contributed by atoms with Crippen molar-refractivity contribution in [1.82, 2.24) is 9.97 Å². The molecule has 0 spiro atoms. The summed E-state index contributed by atoms with van der Waals surface area (Å²) in [5.74, 6) is 1.88. The molecule has 1 heterocycles. The molecule has 0 radical (unpaired) electrons. The molecule has 1 aromatic heterocycles. The van der Waals surface area contributed by atoms with E-state index in [1.54, 1.807) is 0 Å². The first-order valence-corrected chi connectivity index (χ1v) is 6.54. The van der Waals surface area contributed by atoms with Gasteiger partial charge in [-0.15, -0.1) is 0 Å². The Balaban J connectivity index is 1.61. The molecule has 2 saturated carbocycles. The number of anilines is 1. The van der Waals surface area contributed by atoms with Gasteiger partial charge in [-0.25, -0.2) is 14.8 Å². The maximum Gasteiger partial charge on any atom is 0.354 e. The number of carboxylic acid groups (broad SMARTS) is 1. The van der Waals surface area contributed by atoms with Gasteiger partial charge in [0.05, 0.1) is 0 Å². The van der Waals surface area contributed by atoms with E-state index in [1.165, 1.54) is 37.9 Å². The first kappa shape index (κ1) is 11.4. The van der Waals surface area contributed by atoms with E-state index in [0.29, 0.717) is 5.95 Å². The molecule has 0 saturated heterocycles. The number of carbonyl (C=O) groups is 1. The van der Waals surface area contributed by atoms with Crippen LogP contribution in [0.25, 0.3) is 0 Å². The van der Waals surface area contributed by atoms with Gasteiger partial charge in [-0.05, 0) is 49.5 Å². The summed E-state index contributed by atoms with van der Waals surface area (Å²) >= 11 is 0. The molecule has 0 aromatic carbocycles. The Kier molecular flexibility index (Phi) is 2.89. The molecule has 2 aliphatic rings. The average Bonchev–Trinajstić information content (AvgIpc) is 3.23. The van der Waals surface area contributed by atoms with Gasteiger partial charge in [0, 0.05) is 12.7 Å². The third kappa shape index (κ3) is 2.60. The molecular formula is C13H17N3O2. The van der Waals surface area contributed by atoms with Gasteiger partial charge in [0.1, 0.15) is 0 Å². The Labute approximate surface area is 106 Å². The predicted octanol–water partition coefficient (Wildman–Crippen LogP) is 2.02. The Morgan fingerprint density at radius 2 is 2.06 bits per heavy atom. The van der Waals surface area contributed by atoms with Crippen molar-refractivity contribution in [2.24, 2.45) is 17.8 Å². The van der Waals surface area contributed by atoms with E-state index < -0.39 is 5.97 Å². The van der Waals surface area contributed by atoms with Crippen molar-refractivity contribution >= 4 is 11.9 Å². The Morgan fingerprint density at radius 1 is 1.39 bits per heavy atom. The number of aromatic nitrogens is 2. The summed E-state index contributed by atoms with van der Waals surface area (Å²) in [7, 11) is 0. The van der Waals surface area contributed by atoms with Gasteiger partial charge in [-0.2, -0.15) is 0 Å². The van der Waals surface area contributed by atoms with E-state index in [1.807, 2.05) is 0 Å². The third-order valence-electron chi connectivity index (χ3n) is 3.83. The molecule has 0 unspecified atom stereocenters. The molecule has 5 nitrogen and oxygen atoms in total. The van der Waals surface area contributed by atoms with Crippen LogP contribution in [0.5, 0.6) is 0 Å². The van der Waals surface area contributed by atoms with E-state index in [4.69, 9.17) is 5.11 Å². The second-order valence-electron chi connectivity index (χ2n) is 5.29.